The summed E-state index contributed by atoms with van der Waals surface area (Å²) in [6, 6.07) is 0. The van der Waals surface area contributed by atoms with Gasteiger partial charge in [-0.05, 0) is 0 Å². The third kappa shape index (κ3) is 2.05. The molecule has 2 aliphatic heterocycles. The van der Waals surface area contributed by atoms with Crippen LogP contribution >= 0.6 is 0 Å². The van der Waals surface area contributed by atoms with Gasteiger partial charge in [-0.15, -0.1) is 0 Å². The molecular weight excluding hydrogens is 218 g/mol. The number of fused-ring (bicyclic) bond motifs is 1. The van der Waals surface area contributed by atoms with Crippen molar-refractivity contribution in [1.29, 1.82) is 0 Å². The minimum absolute atomic E-state index is 0.00994. The Kier molecular flexibility index (Phi) is 2.82. The maximum absolute atomic E-state index is 11.9. The molecule has 3 N–H and O–H groups in total. The fraction of sp³-hybridized carbons (Fsp3) is 0.636. The van der Waals surface area contributed by atoms with Crippen molar-refractivity contribution in [2.24, 2.45) is 0 Å². The third-order valence-electron chi connectivity index (χ3n) is 3.35. The van der Waals surface area contributed by atoms with E-state index in [0.717, 1.165) is 56.4 Å². The number of anilines is 1. The molecule has 0 radical (unpaired) electrons. The molecule has 0 unspecified atom stereocenters. The highest BCUT2D eigenvalue weighted by Crippen LogP contribution is 2.12. The minimum atomic E-state index is 0.00994. The number of piperazine rings is 1. The lowest BCUT2D eigenvalue weighted by molar-refractivity contribution is 0.571. The van der Waals surface area contributed by atoms with Crippen LogP contribution in [0, 0.1) is 0 Å². The largest absolute Gasteiger partial charge is 0.340 e. The van der Waals surface area contributed by atoms with Crippen LogP contribution in [0.25, 0.3) is 0 Å². The molecule has 3 heterocycles. The highest BCUT2D eigenvalue weighted by Gasteiger charge is 2.18. The lowest BCUT2D eigenvalue weighted by Gasteiger charge is -2.28. The Labute approximate surface area is 99.4 Å². The predicted octanol–water partition coefficient (Wildman–Crippen LogP) is -1.17. The van der Waals surface area contributed by atoms with Crippen molar-refractivity contribution in [3.05, 3.63) is 21.6 Å². The van der Waals surface area contributed by atoms with Crippen LogP contribution in [0.15, 0.2) is 4.79 Å². The summed E-state index contributed by atoms with van der Waals surface area (Å²) in [5.41, 5.74) is 1.77. The summed E-state index contributed by atoms with van der Waals surface area (Å²) in [6.45, 7) is 5.24. The fourth-order valence-electron chi connectivity index (χ4n) is 2.37. The summed E-state index contributed by atoms with van der Waals surface area (Å²) in [5, 5.41) is 6.49. The van der Waals surface area contributed by atoms with E-state index in [0.29, 0.717) is 6.54 Å². The SMILES string of the molecule is O=c1[nH]c(N2CCNCC2)nc2c1CNCC2. The Morgan fingerprint density at radius 2 is 1.94 bits per heavy atom. The number of aromatic nitrogens is 2. The summed E-state index contributed by atoms with van der Waals surface area (Å²) in [6.07, 6.45) is 0.846. The maximum atomic E-state index is 11.9. The molecule has 17 heavy (non-hydrogen) atoms. The zero-order valence-corrected chi connectivity index (χ0v) is 9.75. The van der Waals surface area contributed by atoms with Gasteiger partial charge in [-0.2, -0.15) is 0 Å². The number of hydrogen-bond donors (Lipinski definition) is 3. The van der Waals surface area contributed by atoms with Crippen molar-refractivity contribution in [3.8, 4) is 0 Å². The first-order valence-electron chi connectivity index (χ1n) is 6.13. The van der Waals surface area contributed by atoms with Crippen LogP contribution in [0.5, 0.6) is 0 Å². The number of aromatic amines is 1. The van der Waals surface area contributed by atoms with E-state index in [1.807, 2.05) is 0 Å². The number of H-pyrrole nitrogens is 1. The molecule has 0 aromatic carbocycles. The minimum Gasteiger partial charge on any atom is -0.340 e. The summed E-state index contributed by atoms with van der Waals surface area (Å²) in [7, 11) is 0. The van der Waals surface area contributed by atoms with Crippen LogP contribution in [0.4, 0.5) is 5.95 Å². The fourth-order valence-corrected chi connectivity index (χ4v) is 2.37. The van der Waals surface area contributed by atoms with Gasteiger partial charge in [0, 0.05) is 45.7 Å². The smallest absolute Gasteiger partial charge is 0.257 e. The highest BCUT2D eigenvalue weighted by atomic mass is 16.1. The quantitative estimate of drug-likeness (QED) is 0.572. The first kappa shape index (κ1) is 10.7. The molecule has 1 aromatic heterocycles. The zero-order chi connectivity index (χ0) is 11.7. The molecule has 0 atom stereocenters. The second kappa shape index (κ2) is 4.46. The standard InChI is InChI=1S/C11H17N5O/c17-10-8-7-13-2-1-9(8)14-11(15-10)16-5-3-12-4-6-16/h12-13H,1-7H2,(H,14,15,17). The van der Waals surface area contributed by atoms with Gasteiger partial charge in [0.1, 0.15) is 0 Å². The van der Waals surface area contributed by atoms with E-state index >= 15 is 0 Å². The van der Waals surface area contributed by atoms with E-state index in [4.69, 9.17) is 0 Å². The Bertz CT molecular complexity index is 463. The second-order valence-electron chi connectivity index (χ2n) is 4.48. The van der Waals surface area contributed by atoms with Crippen molar-refractivity contribution in [1.82, 2.24) is 20.6 Å². The van der Waals surface area contributed by atoms with Crippen molar-refractivity contribution in [2.45, 2.75) is 13.0 Å². The second-order valence-corrected chi connectivity index (χ2v) is 4.48. The van der Waals surface area contributed by atoms with Gasteiger partial charge in [-0.1, -0.05) is 0 Å². The Balaban J connectivity index is 1.95. The van der Waals surface area contributed by atoms with Gasteiger partial charge in [0.05, 0.1) is 11.3 Å². The van der Waals surface area contributed by atoms with Gasteiger partial charge < -0.3 is 15.5 Å². The van der Waals surface area contributed by atoms with E-state index < -0.39 is 0 Å². The average molecular weight is 235 g/mol. The number of nitrogens with one attached hydrogen (secondary N) is 3. The number of nitrogens with zero attached hydrogens (tertiary/aromatic N) is 2. The average Bonchev–Trinajstić information content (AvgIpc) is 2.40. The highest BCUT2D eigenvalue weighted by molar-refractivity contribution is 5.34. The van der Waals surface area contributed by atoms with Gasteiger partial charge in [0.2, 0.25) is 5.95 Å². The Morgan fingerprint density at radius 1 is 1.12 bits per heavy atom. The van der Waals surface area contributed by atoms with Crippen LogP contribution in [0.3, 0.4) is 0 Å². The number of rotatable bonds is 1. The van der Waals surface area contributed by atoms with E-state index in [1.54, 1.807) is 0 Å². The molecule has 6 nitrogen and oxygen atoms in total. The van der Waals surface area contributed by atoms with Crippen molar-refractivity contribution < 1.29 is 0 Å². The van der Waals surface area contributed by atoms with Crippen LogP contribution in [-0.4, -0.2) is 42.7 Å². The molecule has 92 valence electrons. The molecule has 0 aliphatic carbocycles. The molecule has 1 saturated heterocycles. The van der Waals surface area contributed by atoms with E-state index in [9.17, 15) is 4.79 Å². The van der Waals surface area contributed by atoms with Crippen LogP contribution in [0.2, 0.25) is 0 Å². The molecule has 1 aromatic rings. The van der Waals surface area contributed by atoms with Gasteiger partial charge in [0.15, 0.2) is 0 Å². The molecule has 0 amide bonds. The molecule has 1 fully saturated rings. The summed E-state index contributed by atoms with van der Waals surface area (Å²) < 4.78 is 0. The first-order chi connectivity index (χ1) is 8.34. The topological polar surface area (TPSA) is 73.0 Å². The maximum Gasteiger partial charge on any atom is 0.257 e. The van der Waals surface area contributed by atoms with E-state index in [-0.39, 0.29) is 5.56 Å². The van der Waals surface area contributed by atoms with Crippen molar-refractivity contribution >= 4 is 5.95 Å². The molecule has 0 bridgehead atoms. The first-order valence-corrected chi connectivity index (χ1v) is 6.13. The Morgan fingerprint density at radius 3 is 2.76 bits per heavy atom. The van der Waals surface area contributed by atoms with E-state index in [1.165, 1.54) is 0 Å². The monoisotopic (exact) mass is 235 g/mol. The van der Waals surface area contributed by atoms with Crippen molar-refractivity contribution in [3.63, 3.8) is 0 Å². The molecule has 3 rings (SSSR count). The van der Waals surface area contributed by atoms with Crippen LogP contribution < -0.4 is 21.1 Å². The molecule has 0 spiro atoms. The zero-order valence-electron chi connectivity index (χ0n) is 9.75. The van der Waals surface area contributed by atoms with Crippen LogP contribution in [0.1, 0.15) is 11.3 Å². The molecule has 0 saturated carbocycles. The molecule has 2 aliphatic rings. The molecular formula is C11H17N5O. The third-order valence-corrected chi connectivity index (χ3v) is 3.35. The van der Waals surface area contributed by atoms with E-state index in [2.05, 4.69) is 25.5 Å². The number of hydrogen-bond acceptors (Lipinski definition) is 5. The van der Waals surface area contributed by atoms with Gasteiger partial charge in [0.25, 0.3) is 5.56 Å². The Hall–Kier alpha value is -1.40. The van der Waals surface area contributed by atoms with Crippen molar-refractivity contribution in [2.75, 3.05) is 37.6 Å². The summed E-state index contributed by atoms with van der Waals surface area (Å²) in [5.74, 6) is 0.733. The lowest BCUT2D eigenvalue weighted by atomic mass is 10.1. The van der Waals surface area contributed by atoms with Gasteiger partial charge >= 0.3 is 0 Å². The van der Waals surface area contributed by atoms with Gasteiger partial charge in [-0.3, -0.25) is 9.78 Å². The normalized spacial score (nSPS) is 20.1. The lowest BCUT2D eigenvalue weighted by Crippen LogP contribution is -2.45. The van der Waals surface area contributed by atoms with Gasteiger partial charge in [-0.25, -0.2) is 4.98 Å². The summed E-state index contributed by atoms with van der Waals surface area (Å²) in [4.78, 5) is 21.6. The summed E-state index contributed by atoms with van der Waals surface area (Å²) >= 11 is 0. The molecule has 6 heteroatoms. The predicted molar refractivity (Wildman–Crippen MR) is 65.4 cm³/mol. The van der Waals surface area contributed by atoms with Crippen LogP contribution in [-0.2, 0) is 13.0 Å².